The maximum Gasteiger partial charge on any atom is 0.389 e. The molecule has 0 aromatic heterocycles. The zero-order chi connectivity index (χ0) is 13.1. The SMILES string of the molecule is NNC(CCC(F)(F)F)c1cccc(F)c1Br. The minimum Gasteiger partial charge on any atom is -0.271 e. The highest BCUT2D eigenvalue weighted by Crippen LogP contribution is 2.31. The van der Waals surface area contributed by atoms with Gasteiger partial charge in [0.25, 0.3) is 0 Å². The Bertz CT molecular complexity index is 381. The second-order valence-corrected chi connectivity index (χ2v) is 4.31. The maximum atomic E-state index is 13.2. The Morgan fingerprint density at radius 3 is 2.53 bits per heavy atom. The van der Waals surface area contributed by atoms with Gasteiger partial charge in [0, 0.05) is 12.5 Å². The monoisotopic (exact) mass is 314 g/mol. The maximum absolute atomic E-state index is 13.2. The van der Waals surface area contributed by atoms with Gasteiger partial charge in [0.05, 0.1) is 4.47 Å². The molecule has 7 heteroatoms. The van der Waals surface area contributed by atoms with Crippen LogP contribution in [0.4, 0.5) is 17.6 Å². The van der Waals surface area contributed by atoms with Crippen LogP contribution in [0.3, 0.4) is 0 Å². The molecule has 0 radical (unpaired) electrons. The first kappa shape index (κ1) is 14.4. The average Bonchev–Trinajstić information content (AvgIpc) is 2.23. The number of hydrazine groups is 1. The van der Waals surface area contributed by atoms with Crippen LogP contribution in [0.25, 0.3) is 0 Å². The number of hydrogen-bond acceptors (Lipinski definition) is 2. The van der Waals surface area contributed by atoms with Crippen molar-refractivity contribution in [3.8, 4) is 0 Å². The molecule has 3 N–H and O–H groups in total. The smallest absolute Gasteiger partial charge is 0.271 e. The zero-order valence-corrected chi connectivity index (χ0v) is 10.3. The first-order chi connectivity index (χ1) is 7.85. The zero-order valence-electron chi connectivity index (χ0n) is 8.69. The molecule has 0 saturated carbocycles. The first-order valence-electron chi connectivity index (χ1n) is 4.82. The molecule has 0 spiro atoms. The van der Waals surface area contributed by atoms with Crippen molar-refractivity contribution in [2.24, 2.45) is 5.84 Å². The Morgan fingerprint density at radius 2 is 2.00 bits per heavy atom. The van der Waals surface area contributed by atoms with Crippen LogP contribution in [0.2, 0.25) is 0 Å². The Hall–Kier alpha value is -0.660. The van der Waals surface area contributed by atoms with Crippen LogP contribution in [0, 0.1) is 5.82 Å². The van der Waals surface area contributed by atoms with Gasteiger partial charge in [-0.15, -0.1) is 0 Å². The molecule has 0 aliphatic heterocycles. The molecule has 0 heterocycles. The molecule has 0 fully saturated rings. The summed E-state index contributed by atoms with van der Waals surface area (Å²) in [4.78, 5) is 0. The fraction of sp³-hybridized carbons (Fsp3) is 0.400. The van der Waals surface area contributed by atoms with E-state index in [1.807, 2.05) is 0 Å². The van der Waals surface area contributed by atoms with Crippen LogP contribution in [-0.2, 0) is 0 Å². The highest BCUT2D eigenvalue weighted by molar-refractivity contribution is 9.10. The number of alkyl halides is 3. The quantitative estimate of drug-likeness (QED) is 0.507. The summed E-state index contributed by atoms with van der Waals surface area (Å²) < 4.78 is 49.6. The van der Waals surface area contributed by atoms with Crippen LogP contribution in [0.5, 0.6) is 0 Å². The van der Waals surface area contributed by atoms with Crippen LogP contribution in [0.15, 0.2) is 22.7 Å². The van der Waals surface area contributed by atoms with Gasteiger partial charge in [-0.2, -0.15) is 13.2 Å². The van der Waals surface area contributed by atoms with Crippen LogP contribution < -0.4 is 11.3 Å². The van der Waals surface area contributed by atoms with Crippen molar-refractivity contribution in [2.45, 2.75) is 25.1 Å². The molecule has 2 nitrogen and oxygen atoms in total. The Balaban J connectivity index is 2.83. The van der Waals surface area contributed by atoms with Gasteiger partial charge >= 0.3 is 6.18 Å². The number of nitrogens with two attached hydrogens (primary N) is 1. The molecule has 96 valence electrons. The summed E-state index contributed by atoms with van der Waals surface area (Å²) in [6.45, 7) is 0. The summed E-state index contributed by atoms with van der Waals surface area (Å²) in [5.41, 5.74) is 2.63. The lowest BCUT2D eigenvalue weighted by atomic mass is 10.0. The highest BCUT2D eigenvalue weighted by atomic mass is 79.9. The number of rotatable bonds is 4. The minimum absolute atomic E-state index is 0.130. The predicted molar refractivity (Wildman–Crippen MR) is 59.5 cm³/mol. The third-order valence-corrected chi connectivity index (χ3v) is 3.11. The second kappa shape index (κ2) is 5.79. The lowest BCUT2D eigenvalue weighted by Crippen LogP contribution is -2.29. The lowest BCUT2D eigenvalue weighted by molar-refractivity contribution is -0.136. The first-order valence-corrected chi connectivity index (χ1v) is 5.61. The fourth-order valence-corrected chi connectivity index (χ4v) is 1.97. The molecule has 0 aliphatic carbocycles. The normalized spacial score (nSPS) is 13.8. The van der Waals surface area contributed by atoms with Gasteiger partial charge in [-0.05, 0) is 34.0 Å². The van der Waals surface area contributed by atoms with E-state index in [0.29, 0.717) is 5.56 Å². The van der Waals surface area contributed by atoms with Gasteiger partial charge in [-0.1, -0.05) is 12.1 Å². The highest BCUT2D eigenvalue weighted by Gasteiger charge is 2.29. The van der Waals surface area contributed by atoms with Gasteiger partial charge in [-0.3, -0.25) is 11.3 Å². The van der Waals surface area contributed by atoms with Crippen molar-refractivity contribution in [2.75, 3.05) is 0 Å². The van der Waals surface area contributed by atoms with Crippen molar-refractivity contribution < 1.29 is 17.6 Å². The third kappa shape index (κ3) is 4.25. The number of halogens is 5. The third-order valence-electron chi connectivity index (χ3n) is 2.27. The largest absolute Gasteiger partial charge is 0.389 e. The van der Waals surface area contributed by atoms with E-state index in [-0.39, 0.29) is 10.9 Å². The summed E-state index contributed by atoms with van der Waals surface area (Å²) in [6.07, 6.45) is -5.48. The van der Waals surface area contributed by atoms with E-state index in [1.54, 1.807) is 0 Å². The summed E-state index contributed by atoms with van der Waals surface area (Å²) in [5, 5.41) is 0. The van der Waals surface area contributed by atoms with E-state index >= 15 is 0 Å². The van der Waals surface area contributed by atoms with E-state index in [1.165, 1.54) is 18.2 Å². The van der Waals surface area contributed by atoms with Crippen LogP contribution in [0.1, 0.15) is 24.4 Å². The van der Waals surface area contributed by atoms with Gasteiger partial charge < -0.3 is 0 Å². The molecule has 1 atom stereocenters. The summed E-state index contributed by atoms with van der Waals surface area (Å²) in [6, 6.07) is 3.41. The van der Waals surface area contributed by atoms with E-state index < -0.39 is 24.5 Å². The van der Waals surface area contributed by atoms with Gasteiger partial charge in [0.15, 0.2) is 0 Å². The second-order valence-electron chi connectivity index (χ2n) is 3.52. The van der Waals surface area contributed by atoms with Crippen LogP contribution >= 0.6 is 15.9 Å². The number of benzene rings is 1. The molecule has 1 aromatic carbocycles. The standard InChI is InChI=1S/C10H11BrF4N2/c11-9-6(2-1-3-7(9)12)8(17-16)4-5-10(13,14)15/h1-3,8,17H,4-5,16H2. The molecule has 0 aliphatic rings. The van der Waals surface area contributed by atoms with Gasteiger partial charge in [0.2, 0.25) is 0 Å². The van der Waals surface area contributed by atoms with Gasteiger partial charge in [0.1, 0.15) is 5.82 Å². The Labute approximate surface area is 104 Å². The molecule has 1 rings (SSSR count). The van der Waals surface area contributed by atoms with E-state index in [0.717, 1.165) is 0 Å². The Morgan fingerprint density at radius 1 is 1.35 bits per heavy atom. The predicted octanol–water partition coefficient (Wildman–Crippen LogP) is 3.44. The van der Waals surface area contributed by atoms with Crippen molar-refractivity contribution in [1.82, 2.24) is 5.43 Å². The van der Waals surface area contributed by atoms with Gasteiger partial charge in [-0.25, -0.2) is 4.39 Å². The van der Waals surface area contributed by atoms with Crippen molar-refractivity contribution >= 4 is 15.9 Å². The molecule has 17 heavy (non-hydrogen) atoms. The molecule has 0 amide bonds. The topological polar surface area (TPSA) is 38.0 Å². The van der Waals surface area contributed by atoms with E-state index in [4.69, 9.17) is 5.84 Å². The minimum atomic E-state index is -4.26. The molecule has 0 bridgehead atoms. The van der Waals surface area contributed by atoms with E-state index in [9.17, 15) is 17.6 Å². The summed E-state index contributed by atoms with van der Waals surface area (Å²) >= 11 is 2.99. The molecular weight excluding hydrogens is 304 g/mol. The molecule has 0 saturated heterocycles. The van der Waals surface area contributed by atoms with Crippen molar-refractivity contribution in [3.63, 3.8) is 0 Å². The number of nitrogens with one attached hydrogen (secondary N) is 1. The average molecular weight is 315 g/mol. The molecule has 1 aromatic rings. The number of hydrogen-bond donors (Lipinski definition) is 2. The summed E-state index contributed by atoms with van der Waals surface area (Å²) in [5.74, 6) is 4.66. The van der Waals surface area contributed by atoms with E-state index in [2.05, 4.69) is 21.4 Å². The Kier molecular flexibility index (Phi) is 4.91. The molecular formula is C10H11BrF4N2. The van der Waals surface area contributed by atoms with Crippen LogP contribution in [-0.4, -0.2) is 6.18 Å². The fourth-order valence-electron chi connectivity index (χ4n) is 1.43. The lowest BCUT2D eigenvalue weighted by Gasteiger charge is -2.18. The summed E-state index contributed by atoms with van der Waals surface area (Å²) in [7, 11) is 0. The van der Waals surface area contributed by atoms with Crippen molar-refractivity contribution in [3.05, 3.63) is 34.1 Å². The van der Waals surface area contributed by atoms with Crippen molar-refractivity contribution in [1.29, 1.82) is 0 Å². The molecule has 1 unspecified atom stereocenters.